The summed E-state index contributed by atoms with van der Waals surface area (Å²) in [5, 5.41) is 2.51. The normalized spacial score (nSPS) is 12.2. The van der Waals surface area contributed by atoms with Gasteiger partial charge >= 0.3 is 0 Å². The molecular formula is C11H15FN2O. The van der Waals surface area contributed by atoms with Crippen LogP contribution in [0.25, 0.3) is 0 Å². The van der Waals surface area contributed by atoms with Crippen molar-refractivity contribution in [3.05, 3.63) is 35.6 Å². The maximum atomic E-state index is 13.3. The van der Waals surface area contributed by atoms with Crippen molar-refractivity contribution in [3.63, 3.8) is 0 Å². The van der Waals surface area contributed by atoms with Gasteiger partial charge in [0.05, 0.1) is 5.92 Å². The molecule has 82 valence electrons. The Labute approximate surface area is 88.5 Å². The van der Waals surface area contributed by atoms with Gasteiger partial charge in [-0.1, -0.05) is 18.2 Å². The van der Waals surface area contributed by atoms with Gasteiger partial charge in [-0.05, 0) is 18.1 Å². The van der Waals surface area contributed by atoms with Crippen molar-refractivity contribution in [2.75, 3.05) is 13.6 Å². The first kappa shape index (κ1) is 11.7. The SMILES string of the molecule is CNC(=O)[C@H](CN)Cc1ccccc1F. The minimum atomic E-state index is -0.369. The molecule has 0 radical (unpaired) electrons. The molecule has 3 N–H and O–H groups in total. The zero-order valence-electron chi connectivity index (χ0n) is 8.66. The molecule has 15 heavy (non-hydrogen) atoms. The molecule has 1 aromatic rings. The Morgan fingerprint density at radius 1 is 1.53 bits per heavy atom. The second-order valence-corrected chi connectivity index (χ2v) is 3.34. The molecule has 0 unspecified atom stereocenters. The van der Waals surface area contributed by atoms with E-state index < -0.39 is 0 Å². The summed E-state index contributed by atoms with van der Waals surface area (Å²) in [6, 6.07) is 6.42. The fraction of sp³-hybridized carbons (Fsp3) is 0.364. The van der Waals surface area contributed by atoms with Crippen molar-refractivity contribution in [3.8, 4) is 0 Å². The fourth-order valence-electron chi connectivity index (χ4n) is 1.42. The predicted molar refractivity (Wildman–Crippen MR) is 56.7 cm³/mol. The number of rotatable bonds is 4. The average Bonchev–Trinajstić information content (AvgIpc) is 2.27. The van der Waals surface area contributed by atoms with Gasteiger partial charge in [-0.3, -0.25) is 4.79 Å². The lowest BCUT2D eigenvalue weighted by Gasteiger charge is -2.13. The van der Waals surface area contributed by atoms with E-state index in [2.05, 4.69) is 5.32 Å². The first-order valence-electron chi connectivity index (χ1n) is 4.84. The maximum absolute atomic E-state index is 13.3. The molecule has 0 saturated carbocycles. The van der Waals surface area contributed by atoms with Crippen molar-refractivity contribution in [2.24, 2.45) is 11.7 Å². The number of hydrogen-bond donors (Lipinski definition) is 2. The minimum absolute atomic E-state index is 0.152. The number of carbonyl (C=O) groups excluding carboxylic acids is 1. The molecule has 0 aliphatic carbocycles. The van der Waals surface area contributed by atoms with Gasteiger partial charge in [-0.25, -0.2) is 4.39 Å². The molecule has 4 heteroatoms. The highest BCUT2D eigenvalue weighted by Gasteiger charge is 2.17. The van der Waals surface area contributed by atoms with Gasteiger partial charge in [0, 0.05) is 13.6 Å². The molecule has 3 nitrogen and oxygen atoms in total. The van der Waals surface area contributed by atoms with E-state index in [1.165, 1.54) is 6.07 Å². The van der Waals surface area contributed by atoms with Gasteiger partial charge in [0.2, 0.25) is 5.91 Å². The van der Waals surface area contributed by atoms with E-state index in [1.807, 2.05) is 0 Å². The Balaban J connectivity index is 2.75. The number of carbonyl (C=O) groups is 1. The van der Waals surface area contributed by atoms with Crippen molar-refractivity contribution in [1.29, 1.82) is 0 Å². The van der Waals surface area contributed by atoms with Crippen molar-refractivity contribution < 1.29 is 9.18 Å². The standard InChI is InChI=1S/C11H15FN2O/c1-14-11(15)9(7-13)6-8-4-2-3-5-10(8)12/h2-5,9H,6-7,13H2,1H3,(H,14,15)/t9-/m0/s1. The lowest BCUT2D eigenvalue weighted by molar-refractivity contribution is -0.124. The Morgan fingerprint density at radius 2 is 2.20 bits per heavy atom. The van der Waals surface area contributed by atoms with E-state index >= 15 is 0 Å². The summed E-state index contributed by atoms with van der Waals surface area (Å²) in [7, 11) is 1.55. The number of nitrogens with one attached hydrogen (secondary N) is 1. The smallest absolute Gasteiger partial charge is 0.224 e. The van der Waals surface area contributed by atoms with Crippen LogP contribution in [0.5, 0.6) is 0 Å². The molecule has 1 amide bonds. The Kier molecular flexibility index (Phi) is 4.24. The quantitative estimate of drug-likeness (QED) is 0.768. The van der Waals surface area contributed by atoms with E-state index in [1.54, 1.807) is 25.2 Å². The minimum Gasteiger partial charge on any atom is -0.359 e. The van der Waals surface area contributed by atoms with E-state index in [4.69, 9.17) is 5.73 Å². The van der Waals surface area contributed by atoms with Crippen LogP contribution in [0.15, 0.2) is 24.3 Å². The molecule has 0 bridgehead atoms. The molecule has 0 heterocycles. The summed E-state index contributed by atoms with van der Waals surface area (Å²) in [6.45, 7) is 0.216. The first-order chi connectivity index (χ1) is 7.19. The van der Waals surface area contributed by atoms with Crippen LogP contribution in [0.3, 0.4) is 0 Å². The Bertz CT molecular complexity index is 341. The lowest BCUT2D eigenvalue weighted by atomic mass is 9.98. The Hall–Kier alpha value is -1.42. The summed E-state index contributed by atoms with van der Waals surface area (Å²) in [6.07, 6.45) is 0.336. The van der Waals surface area contributed by atoms with Crippen LogP contribution >= 0.6 is 0 Å². The third kappa shape index (κ3) is 3.02. The van der Waals surface area contributed by atoms with Crippen LogP contribution in [0.4, 0.5) is 4.39 Å². The van der Waals surface area contributed by atoms with E-state index in [0.717, 1.165) is 0 Å². The van der Waals surface area contributed by atoms with Crippen molar-refractivity contribution in [1.82, 2.24) is 5.32 Å². The van der Waals surface area contributed by atoms with Crippen LogP contribution in [0.1, 0.15) is 5.56 Å². The van der Waals surface area contributed by atoms with Gasteiger partial charge in [0.1, 0.15) is 5.82 Å². The van der Waals surface area contributed by atoms with Gasteiger partial charge in [-0.2, -0.15) is 0 Å². The topological polar surface area (TPSA) is 55.1 Å². The molecular weight excluding hydrogens is 195 g/mol. The van der Waals surface area contributed by atoms with Crippen LogP contribution in [0.2, 0.25) is 0 Å². The molecule has 0 spiro atoms. The predicted octanol–water partition coefficient (Wildman–Crippen LogP) is 0.689. The number of benzene rings is 1. The molecule has 0 aliphatic rings. The molecule has 0 saturated heterocycles. The summed E-state index contributed by atoms with van der Waals surface area (Å²) in [4.78, 5) is 11.3. The van der Waals surface area contributed by atoms with Gasteiger partial charge in [0.15, 0.2) is 0 Å². The van der Waals surface area contributed by atoms with Crippen LogP contribution < -0.4 is 11.1 Å². The largest absolute Gasteiger partial charge is 0.359 e. The van der Waals surface area contributed by atoms with Crippen LogP contribution in [-0.4, -0.2) is 19.5 Å². The third-order valence-electron chi connectivity index (χ3n) is 2.33. The summed E-state index contributed by atoms with van der Waals surface area (Å²) >= 11 is 0. The number of nitrogens with two attached hydrogens (primary N) is 1. The monoisotopic (exact) mass is 210 g/mol. The molecule has 1 atom stereocenters. The van der Waals surface area contributed by atoms with Crippen LogP contribution in [-0.2, 0) is 11.2 Å². The molecule has 1 aromatic carbocycles. The Morgan fingerprint density at radius 3 is 2.73 bits per heavy atom. The van der Waals surface area contributed by atoms with E-state index in [-0.39, 0.29) is 24.2 Å². The summed E-state index contributed by atoms with van der Waals surface area (Å²) in [5.74, 6) is -0.812. The molecule has 0 fully saturated rings. The van der Waals surface area contributed by atoms with Crippen molar-refractivity contribution >= 4 is 5.91 Å². The third-order valence-corrected chi connectivity index (χ3v) is 2.33. The van der Waals surface area contributed by atoms with Crippen molar-refractivity contribution in [2.45, 2.75) is 6.42 Å². The molecule has 0 aliphatic heterocycles. The molecule has 1 rings (SSSR count). The highest BCUT2D eigenvalue weighted by molar-refractivity contribution is 5.78. The van der Waals surface area contributed by atoms with E-state index in [9.17, 15) is 9.18 Å². The average molecular weight is 210 g/mol. The van der Waals surface area contributed by atoms with Gasteiger partial charge in [0.25, 0.3) is 0 Å². The van der Waals surface area contributed by atoms with Gasteiger partial charge in [-0.15, -0.1) is 0 Å². The van der Waals surface area contributed by atoms with Gasteiger partial charge < -0.3 is 11.1 Å². The second kappa shape index (κ2) is 5.46. The first-order valence-corrected chi connectivity index (χ1v) is 4.84. The number of halogens is 1. The second-order valence-electron chi connectivity index (χ2n) is 3.34. The number of hydrogen-bond acceptors (Lipinski definition) is 2. The summed E-state index contributed by atoms with van der Waals surface area (Å²) < 4.78 is 13.3. The lowest BCUT2D eigenvalue weighted by Crippen LogP contribution is -2.34. The van der Waals surface area contributed by atoms with Crippen LogP contribution in [0, 0.1) is 11.7 Å². The maximum Gasteiger partial charge on any atom is 0.224 e. The summed E-state index contributed by atoms with van der Waals surface area (Å²) in [5.41, 5.74) is 5.99. The zero-order chi connectivity index (χ0) is 11.3. The molecule has 0 aromatic heterocycles. The fourth-order valence-corrected chi connectivity index (χ4v) is 1.42. The zero-order valence-corrected chi connectivity index (χ0v) is 8.66. The highest BCUT2D eigenvalue weighted by atomic mass is 19.1. The van der Waals surface area contributed by atoms with E-state index in [0.29, 0.717) is 12.0 Å². The highest BCUT2D eigenvalue weighted by Crippen LogP contribution is 2.12. The number of amides is 1.